The third-order valence-electron chi connectivity index (χ3n) is 1.76. The molecular weight excluding hydrogens is 200 g/mol. The fourth-order valence-corrected chi connectivity index (χ4v) is 1.01. The van der Waals surface area contributed by atoms with E-state index in [0.29, 0.717) is 6.54 Å². The molecule has 2 nitrogen and oxygen atoms in total. The van der Waals surface area contributed by atoms with E-state index in [-0.39, 0.29) is 11.3 Å². The molecule has 0 aliphatic carbocycles. The molecule has 1 aromatic carbocycles. The number of methoxy groups -OCH3 is 1. The fourth-order valence-electron chi connectivity index (χ4n) is 1.01. The van der Waals surface area contributed by atoms with Crippen LogP contribution in [0.15, 0.2) is 12.1 Å². The van der Waals surface area contributed by atoms with Crippen LogP contribution >= 0.6 is 0 Å². The summed E-state index contributed by atoms with van der Waals surface area (Å²) in [5.41, 5.74) is 0.0311. The summed E-state index contributed by atoms with van der Waals surface area (Å²) in [6.45, 7) is 0.424. The minimum atomic E-state index is -1.01. The van der Waals surface area contributed by atoms with Gasteiger partial charge in [0, 0.05) is 0 Å². The SMILES string of the molecule is CNCC#Cc1ccc(OC)c(F)c1F. The van der Waals surface area contributed by atoms with E-state index in [2.05, 4.69) is 21.9 Å². The maximum Gasteiger partial charge on any atom is 0.201 e. The Morgan fingerprint density at radius 1 is 1.33 bits per heavy atom. The molecule has 0 radical (unpaired) electrons. The third kappa shape index (κ3) is 2.67. The lowest BCUT2D eigenvalue weighted by Gasteiger charge is -2.02. The summed E-state index contributed by atoms with van der Waals surface area (Å²) in [6, 6.07) is 2.74. The summed E-state index contributed by atoms with van der Waals surface area (Å²) >= 11 is 0. The van der Waals surface area contributed by atoms with Crippen LogP contribution in [-0.4, -0.2) is 20.7 Å². The summed E-state index contributed by atoms with van der Waals surface area (Å²) in [5.74, 6) is 3.07. The molecular formula is C11H11F2NO. The first-order valence-corrected chi connectivity index (χ1v) is 4.36. The van der Waals surface area contributed by atoms with Gasteiger partial charge in [0.1, 0.15) is 0 Å². The highest BCUT2D eigenvalue weighted by Gasteiger charge is 2.11. The highest BCUT2D eigenvalue weighted by Crippen LogP contribution is 2.21. The highest BCUT2D eigenvalue weighted by atomic mass is 19.2. The van der Waals surface area contributed by atoms with Crippen LogP contribution in [0.2, 0.25) is 0 Å². The van der Waals surface area contributed by atoms with Crippen LogP contribution in [-0.2, 0) is 0 Å². The van der Waals surface area contributed by atoms with Crippen LogP contribution < -0.4 is 10.1 Å². The Bertz CT molecular complexity index is 407. The molecule has 0 spiro atoms. The largest absolute Gasteiger partial charge is 0.494 e. The van der Waals surface area contributed by atoms with Crippen molar-refractivity contribution in [1.82, 2.24) is 5.32 Å². The van der Waals surface area contributed by atoms with E-state index < -0.39 is 11.6 Å². The van der Waals surface area contributed by atoms with Crippen molar-refractivity contribution in [3.63, 3.8) is 0 Å². The lowest BCUT2D eigenvalue weighted by Crippen LogP contribution is -2.04. The van der Waals surface area contributed by atoms with Crippen LogP contribution in [0.3, 0.4) is 0 Å². The molecule has 0 heterocycles. The van der Waals surface area contributed by atoms with E-state index in [9.17, 15) is 8.78 Å². The number of benzene rings is 1. The molecule has 0 atom stereocenters. The van der Waals surface area contributed by atoms with Gasteiger partial charge in [-0.2, -0.15) is 4.39 Å². The van der Waals surface area contributed by atoms with Gasteiger partial charge in [0.15, 0.2) is 11.6 Å². The predicted molar refractivity (Wildman–Crippen MR) is 53.7 cm³/mol. The van der Waals surface area contributed by atoms with Crippen molar-refractivity contribution in [2.45, 2.75) is 0 Å². The van der Waals surface area contributed by atoms with Crippen LogP contribution in [0, 0.1) is 23.5 Å². The van der Waals surface area contributed by atoms with Crippen molar-refractivity contribution < 1.29 is 13.5 Å². The molecule has 4 heteroatoms. The van der Waals surface area contributed by atoms with E-state index in [1.807, 2.05) is 0 Å². The lowest BCUT2D eigenvalue weighted by molar-refractivity contribution is 0.371. The molecule has 0 aliphatic rings. The van der Waals surface area contributed by atoms with Crippen molar-refractivity contribution in [2.75, 3.05) is 20.7 Å². The van der Waals surface area contributed by atoms with Crippen LogP contribution in [0.25, 0.3) is 0 Å². The van der Waals surface area contributed by atoms with Gasteiger partial charge >= 0.3 is 0 Å². The quantitative estimate of drug-likeness (QED) is 0.749. The first-order valence-electron chi connectivity index (χ1n) is 4.36. The average Bonchev–Trinajstić information content (AvgIpc) is 2.25. The monoisotopic (exact) mass is 211 g/mol. The minimum Gasteiger partial charge on any atom is -0.494 e. The first-order chi connectivity index (χ1) is 7.20. The summed E-state index contributed by atoms with van der Waals surface area (Å²) in [7, 11) is 3.00. The molecule has 0 saturated carbocycles. The van der Waals surface area contributed by atoms with Crippen LogP contribution in [0.4, 0.5) is 8.78 Å². The second kappa shape index (κ2) is 5.32. The van der Waals surface area contributed by atoms with Gasteiger partial charge in [-0.1, -0.05) is 11.8 Å². The van der Waals surface area contributed by atoms with E-state index in [0.717, 1.165) is 0 Å². The molecule has 80 valence electrons. The summed E-state index contributed by atoms with van der Waals surface area (Å²) in [5, 5.41) is 2.78. The number of nitrogens with one attached hydrogen (secondary N) is 1. The minimum absolute atomic E-state index is 0.0311. The smallest absolute Gasteiger partial charge is 0.201 e. The van der Waals surface area contributed by atoms with E-state index in [1.165, 1.54) is 19.2 Å². The Morgan fingerprint density at radius 3 is 2.67 bits per heavy atom. The van der Waals surface area contributed by atoms with Gasteiger partial charge < -0.3 is 10.1 Å². The fraction of sp³-hybridized carbons (Fsp3) is 0.273. The molecule has 0 aromatic heterocycles. The molecule has 15 heavy (non-hydrogen) atoms. The number of ether oxygens (including phenoxy) is 1. The van der Waals surface area contributed by atoms with Gasteiger partial charge in [0.2, 0.25) is 5.82 Å². The van der Waals surface area contributed by atoms with Crippen molar-refractivity contribution in [3.8, 4) is 17.6 Å². The molecule has 0 saturated heterocycles. The standard InChI is InChI=1S/C11H11F2NO/c1-14-7-3-4-8-5-6-9(15-2)11(13)10(8)12/h5-6,14H,7H2,1-2H3. The Morgan fingerprint density at radius 2 is 2.07 bits per heavy atom. The third-order valence-corrected chi connectivity index (χ3v) is 1.76. The Balaban J connectivity index is 3.03. The van der Waals surface area contributed by atoms with Gasteiger partial charge in [-0.25, -0.2) is 4.39 Å². The second-order valence-corrected chi connectivity index (χ2v) is 2.78. The Kier molecular flexibility index (Phi) is 4.07. The van der Waals surface area contributed by atoms with Gasteiger partial charge in [0.05, 0.1) is 19.2 Å². The molecule has 1 rings (SSSR count). The summed E-state index contributed by atoms with van der Waals surface area (Å²) in [6.07, 6.45) is 0. The van der Waals surface area contributed by atoms with Crippen molar-refractivity contribution in [2.24, 2.45) is 0 Å². The Labute approximate surface area is 87.2 Å². The number of hydrogen-bond donors (Lipinski definition) is 1. The highest BCUT2D eigenvalue weighted by molar-refractivity contribution is 5.41. The zero-order valence-electron chi connectivity index (χ0n) is 8.53. The van der Waals surface area contributed by atoms with Gasteiger partial charge in [-0.15, -0.1) is 0 Å². The number of hydrogen-bond acceptors (Lipinski definition) is 2. The van der Waals surface area contributed by atoms with Crippen molar-refractivity contribution >= 4 is 0 Å². The Hall–Kier alpha value is -1.60. The van der Waals surface area contributed by atoms with E-state index in [1.54, 1.807) is 7.05 Å². The van der Waals surface area contributed by atoms with Gasteiger partial charge in [-0.05, 0) is 19.2 Å². The predicted octanol–water partition coefficient (Wildman–Crippen LogP) is 1.54. The summed E-state index contributed by atoms with van der Waals surface area (Å²) in [4.78, 5) is 0. The molecule has 1 aromatic rings. The van der Waals surface area contributed by atoms with Gasteiger partial charge in [-0.3, -0.25) is 0 Å². The molecule has 0 amide bonds. The maximum atomic E-state index is 13.3. The van der Waals surface area contributed by atoms with E-state index in [4.69, 9.17) is 0 Å². The second-order valence-electron chi connectivity index (χ2n) is 2.78. The topological polar surface area (TPSA) is 21.3 Å². The first kappa shape index (κ1) is 11.5. The lowest BCUT2D eigenvalue weighted by atomic mass is 10.2. The van der Waals surface area contributed by atoms with Gasteiger partial charge in [0.25, 0.3) is 0 Å². The average molecular weight is 211 g/mol. The van der Waals surface area contributed by atoms with Crippen molar-refractivity contribution in [3.05, 3.63) is 29.3 Å². The van der Waals surface area contributed by atoms with Crippen LogP contribution in [0.5, 0.6) is 5.75 Å². The molecule has 0 unspecified atom stereocenters. The number of rotatable bonds is 2. The normalized spacial score (nSPS) is 9.33. The van der Waals surface area contributed by atoms with Crippen molar-refractivity contribution in [1.29, 1.82) is 0 Å². The zero-order chi connectivity index (χ0) is 11.3. The molecule has 0 aliphatic heterocycles. The molecule has 1 N–H and O–H groups in total. The zero-order valence-corrected chi connectivity index (χ0v) is 8.53. The molecule has 0 bridgehead atoms. The maximum absolute atomic E-state index is 13.3. The molecule has 0 fully saturated rings. The number of halogens is 2. The van der Waals surface area contributed by atoms with E-state index >= 15 is 0 Å². The van der Waals surface area contributed by atoms with Crippen LogP contribution in [0.1, 0.15) is 5.56 Å². The summed E-state index contributed by atoms with van der Waals surface area (Å²) < 4.78 is 31.1.